The van der Waals surface area contributed by atoms with Crippen LogP contribution in [0.25, 0.3) is 0 Å². The molecule has 0 heterocycles. The fourth-order valence-corrected chi connectivity index (χ4v) is 3.27. The number of carbonyl (C=O) groups excluding carboxylic acids is 1. The van der Waals surface area contributed by atoms with Gasteiger partial charge in [0.15, 0.2) is 0 Å². The molecule has 0 amide bonds. The predicted molar refractivity (Wildman–Crippen MR) is 105 cm³/mol. The quantitative estimate of drug-likeness (QED) is 0.465. The third-order valence-electron chi connectivity index (χ3n) is 3.86. The molecule has 0 aliphatic carbocycles. The molecule has 0 aliphatic rings. The van der Waals surface area contributed by atoms with Gasteiger partial charge in [0.2, 0.25) is 10.0 Å². The van der Waals surface area contributed by atoms with Gasteiger partial charge in [0.05, 0.1) is 10.5 Å². The van der Waals surface area contributed by atoms with Gasteiger partial charge in [0.1, 0.15) is 17.2 Å². The van der Waals surface area contributed by atoms with Gasteiger partial charge in [0.25, 0.3) is 0 Å². The van der Waals surface area contributed by atoms with Crippen LogP contribution in [0.15, 0.2) is 83.8 Å². The summed E-state index contributed by atoms with van der Waals surface area (Å²) in [6.07, 6.45) is 0. The summed E-state index contributed by atoms with van der Waals surface area (Å²) < 4.78 is 36.4. The molecule has 3 aromatic carbocycles. The van der Waals surface area contributed by atoms with E-state index in [1.165, 1.54) is 38.4 Å². The summed E-state index contributed by atoms with van der Waals surface area (Å²) >= 11 is 0. The van der Waals surface area contributed by atoms with Gasteiger partial charge in [-0.2, -0.15) is 0 Å². The van der Waals surface area contributed by atoms with E-state index < -0.39 is 16.0 Å². The van der Waals surface area contributed by atoms with Crippen molar-refractivity contribution in [2.75, 3.05) is 14.1 Å². The molecule has 0 saturated carbocycles. The van der Waals surface area contributed by atoms with E-state index in [0.29, 0.717) is 17.2 Å². The Labute approximate surface area is 164 Å². The molecule has 0 aromatic heterocycles. The van der Waals surface area contributed by atoms with Crippen molar-refractivity contribution in [1.82, 2.24) is 4.31 Å². The third kappa shape index (κ3) is 4.57. The Bertz CT molecular complexity index is 1060. The Hall–Kier alpha value is -3.16. The minimum absolute atomic E-state index is 0.104. The molecular weight excluding hydrogens is 378 g/mol. The molecule has 0 radical (unpaired) electrons. The molecule has 3 aromatic rings. The molecule has 3 rings (SSSR count). The van der Waals surface area contributed by atoms with Crippen molar-refractivity contribution < 1.29 is 22.7 Å². The second-order valence-electron chi connectivity index (χ2n) is 6.09. The highest BCUT2D eigenvalue weighted by Gasteiger charge is 2.18. The maximum Gasteiger partial charge on any atom is 0.343 e. The summed E-state index contributed by atoms with van der Waals surface area (Å²) in [5.41, 5.74) is 0.243. The number of benzene rings is 3. The van der Waals surface area contributed by atoms with Crippen LogP contribution in [0.3, 0.4) is 0 Å². The second-order valence-corrected chi connectivity index (χ2v) is 8.24. The van der Waals surface area contributed by atoms with Gasteiger partial charge in [-0.15, -0.1) is 0 Å². The Kier molecular flexibility index (Phi) is 5.77. The van der Waals surface area contributed by atoms with Crippen molar-refractivity contribution in [3.63, 3.8) is 0 Å². The molecule has 0 atom stereocenters. The van der Waals surface area contributed by atoms with Crippen LogP contribution < -0.4 is 9.47 Å². The zero-order valence-corrected chi connectivity index (χ0v) is 16.2. The molecule has 0 fully saturated rings. The van der Waals surface area contributed by atoms with Crippen molar-refractivity contribution in [3.05, 3.63) is 84.4 Å². The average Bonchev–Trinajstić information content (AvgIpc) is 2.69. The first-order valence-corrected chi connectivity index (χ1v) is 9.88. The van der Waals surface area contributed by atoms with Gasteiger partial charge in [0, 0.05) is 20.2 Å². The molecule has 0 aliphatic heterocycles. The lowest BCUT2D eigenvalue weighted by Gasteiger charge is -2.11. The first-order chi connectivity index (χ1) is 13.4. The van der Waals surface area contributed by atoms with Crippen LogP contribution >= 0.6 is 0 Å². The maximum atomic E-state index is 12.4. The van der Waals surface area contributed by atoms with Crippen molar-refractivity contribution in [1.29, 1.82) is 0 Å². The number of sulfonamides is 1. The van der Waals surface area contributed by atoms with E-state index in [1.807, 2.05) is 30.3 Å². The Morgan fingerprint density at radius 2 is 1.39 bits per heavy atom. The predicted octanol–water partition coefficient (Wildman–Crippen LogP) is 3.95. The van der Waals surface area contributed by atoms with E-state index in [9.17, 15) is 13.2 Å². The first kappa shape index (κ1) is 19.6. The van der Waals surface area contributed by atoms with Gasteiger partial charge in [-0.05, 0) is 48.5 Å². The van der Waals surface area contributed by atoms with Crippen molar-refractivity contribution >= 4 is 16.0 Å². The van der Waals surface area contributed by atoms with Crippen LogP contribution in [0.2, 0.25) is 0 Å². The highest BCUT2D eigenvalue weighted by atomic mass is 32.2. The van der Waals surface area contributed by atoms with Gasteiger partial charge < -0.3 is 9.47 Å². The number of esters is 1. The van der Waals surface area contributed by atoms with Crippen molar-refractivity contribution in [2.24, 2.45) is 0 Å². The largest absolute Gasteiger partial charge is 0.457 e. The van der Waals surface area contributed by atoms with E-state index in [0.717, 1.165) is 4.31 Å². The van der Waals surface area contributed by atoms with Crippen LogP contribution in [0.5, 0.6) is 17.2 Å². The minimum atomic E-state index is -3.55. The van der Waals surface area contributed by atoms with Crippen LogP contribution in [0.4, 0.5) is 0 Å². The maximum absolute atomic E-state index is 12.4. The molecule has 0 spiro atoms. The zero-order valence-electron chi connectivity index (χ0n) is 15.4. The molecule has 0 bridgehead atoms. The summed E-state index contributed by atoms with van der Waals surface area (Å²) in [6.45, 7) is 0. The molecule has 144 valence electrons. The zero-order chi connectivity index (χ0) is 20.1. The lowest BCUT2D eigenvalue weighted by atomic mass is 10.2. The molecule has 7 heteroatoms. The topological polar surface area (TPSA) is 72.9 Å². The van der Waals surface area contributed by atoms with Crippen molar-refractivity contribution in [3.8, 4) is 17.2 Å². The summed E-state index contributed by atoms with van der Waals surface area (Å²) in [4.78, 5) is 12.5. The molecule has 28 heavy (non-hydrogen) atoms. The number of para-hydroxylation sites is 1. The lowest BCUT2D eigenvalue weighted by molar-refractivity contribution is 0.0734. The average molecular weight is 397 g/mol. The Balaban J connectivity index is 1.72. The van der Waals surface area contributed by atoms with E-state index in [-0.39, 0.29) is 10.5 Å². The minimum Gasteiger partial charge on any atom is -0.457 e. The SMILES string of the molecule is CN(C)S(=O)(=O)c1ccc(C(=O)Oc2cccc(Oc3ccccc3)c2)cc1. The number of ether oxygens (including phenoxy) is 2. The van der Waals surface area contributed by atoms with Gasteiger partial charge in [-0.3, -0.25) is 0 Å². The molecule has 0 unspecified atom stereocenters. The van der Waals surface area contributed by atoms with Crippen LogP contribution in [0.1, 0.15) is 10.4 Å². The standard InChI is InChI=1S/C21H19NO5S/c1-22(2)28(24,25)20-13-11-16(12-14-20)21(23)27-19-10-6-9-18(15-19)26-17-7-4-3-5-8-17/h3-15H,1-2H3. The molecule has 6 nitrogen and oxygen atoms in total. The normalized spacial score (nSPS) is 11.2. The molecular formula is C21H19NO5S. The van der Waals surface area contributed by atoms with Gasteiger partial charge in [-0.1, -0.05) is 24.3 Å². The highest BCUT2D eigenvalue weighted by Crippen LogP contribution is 2.25. The van der Waals surface area contributed by atoms with E-state index in [2.05, 4.69) is 0 Å². The Morgan fingerprint density at radius 3 is 2.04 bits per heavy atom. The van der Waals surface area contributed by atoms with Crippen LogP contribution in [-0.4, -0.2) is 32.8 Å². The van der Waals surface area contributed by atoms with Gasteiger partial charge >= 0.3 is 5.97 Å². The number of hydrogen-bond donors (Lipinski definition) is 0. The van der Waals surface area contributed by atoms with E-state index in [1.54, 1.807) is 24.3 Å². The third-order valence-corrected chi connectivity index (χ3v) is 5.69. The second kappa shape index (κ2) is 8.24. The monoisotopic (exact) mass is 397 g/mol. The summed E-state index contributed by atoms with van der Waals surface area (Å²) in [5.74, 6) is 0.932. The number of carbonyl (C=O) groups is 1. The highest BCUT2D eigenvalue weighted by molar-refractivity contribution is 7.89. The van der Waals surface area contributed by atoms with E-state index in [4.69, 9.17) is 9.47 Å². The Morgan fingerprint density at radius 1 is 0.786 bits per heavy atom. The van der Waals surface area contributed by atoms with Crippen LogP contribution in [-0.2, 0) is 10.0 Å². The van der Waals surface area contributed by atoms with Gasteiger partial charge in [-0.25, -0.2) is 17.5 Å². The number of rotatable bonds is 6. The summed E-state index contributed by atoms with van der Waals surface area (Å²) in [5, 5.41) is 0. The number of hydrogen-bond acceptors (Lipinski definition) is 5. The smallest absolute Gasteiger partial charge is 0.343 e. The lowest BCUT2D eigenvalue weighted by Crippen LogP contribution is -2.22. The van der Waals surface area contributed by atoms with Crippen molar-refractivity contribution in [2.45, 2.75) is 4.90 Å². The number of nitrogens with zero attached hydrogens (tertiary/aromatic N) is 1. The van der Waals surface area contributed by atoms with E-state index >= 15 is 0 Å². The van der Waals surface area contributed by atoms with Crippen LogP contribution in [0, 0.1) is 0 Å². The first-order valence-electron chi connectivity index (χ1n) is 8.44. The fourth-order valence-electron chi connectivity index (χ4n) is 2.37. The molecule has 0 N–H and O–H groups in total. The fraction of sp³-hybridized carbons (Fsp3) is 0.0952. The summed E-state index contributed by atoms with van der Waals surface area (Å²) in [6, 6.07) is 21.6. The summed E-state index contributed by atoms with van der Waals surface area (Å²) in [7, 11) is -0.656. The molecule has 0 saturated heterocycles.